The lowest BCUT2D eigenvalue weighted by Crippen LogP contribution is -2.13. The van der Waals surface area contributed by atoms with Gasteiger partial charge in [-0.15, -0.1) is 0 Å². The van der Waals surface area contributed by atoms with Gasteiger partial charge in [0.2, 0.25) is 0 Å². The fraction of sp³-hybridized carbons (Fsp3) is 0.200. The normalized spacial score (nSPS) is 11.4. The summed E-state index contributed by atoms with van der Waals surface area (Å²) in [4.78, 5) is 0.233. The molecular formula is C15H17BrN2O2S. The van der Waals surface area contributed by atoms with Crippen LogP contribution in [0.15, 0.2) is 51.8 Å². The van der Waals surface area contributed by atoms with E-state index in [0.717, 1.165) is 22.0 Å². The van der Waals surface area contributed by atoms with Gasteiger partial charge in [-0.3, -0.25) is 4.72 Å². The maximum absolute atomic E-state index is 12.4. The maximum atomic E-state index is 12.4. The molecule has 0 heterocycles. The molecule has 0 saturated heterocycles. The summed E-state index contributed by atoms with van der Waals surface area (Å²) in [7, 11) is -3.60. The Morgan fingerprint density at radius 2 is 1.81 bits per heavy atom. The zero-order valence-corrected chi connectivity index (χ0v) is 14.0. The largest absolute Gasteiger partial charge is 0.330 e. The van der Waals surface area contributed by atoms with Gasteiger partial charge in [-0.25, -0.2) is 8.42 Å². The van der Waals surface area contributed by atoms with E-state index in [9.17, 15) is 8.42 Å². The minimum absolute atomic E-state index is 0.233. The van der Waals surface area contributed by atoms with E-state index in [2.05, 4.69) is 20.7 Å². The Morgan fingerprint density at radius 1 is 1.14 bits per heavy atom. The van der Waals surface area contributed by atoms with Crippen molar-refractivity contribution in [3.63, 3.8) is 0 Å². The quantitative estimate of drug-likeness (QED) is 0.851. The van der Waals surface area contributed by atoms with E-state index in [0.29, 0.717) is 12.2 Å². The van der Waals surface area contributed by atoms with E-state index in [1.165, 1.54) is 0 Å². The van der Waals surface area contributed by atoms with Crippen LogP contribution in [0.25, 0.3) is 0 Å². The molecule has 0 spiro atoms. The van der Waals surface area contributed by atoms with Gasteiger partial charge >= 0.3 is 0 Å². The molecular weight excluding hydrogens is 352 g/mol. The zero-order chi connectivity index (χ0) is 15.5. The van der Waals surface area contributed by atoms with Gasteiger partial charge < -0.3 is 5.73 Å². The molecule has 0 fully saturated rings. The van der Waals surface area contributed by atoms with Crippen molar-refractivity contribution < 1.29 is 8.42 Å². The molecule has 0 aromatic heterocycles. The Morgan fingerprint density at radius 3 is 2.43 bits per heavy atom. The van der Waals surface area contributed by atoms with Gasteiger partial charge in [0.05, 0.1) is 10.6 Å². The van der Waals surface area contributed by atoms with Gasteiger partial charge in [0.15, 0.2) is 0 Å². The summed E-state index contributed by atoms with van der Waals surface area (Å²) in [5.74, 6) is 0. The third kappa shape index (κ3) is 3.84. The van der Waals surface area contributed by atoms with Gasteiger partial charge in [0, 0.05) is 4.47 Å². The van der Waals surface area contributed by atoms with Gasteiger partial charge in [0.1, 0.15) is 0 Å². The molecule has 0 amide bonds. The molecule has 2 aromatic carbocycles. The van der Waals surface area contributed by atoms with Crippen LogP contribution in [-0.2, 0) is 16.4 Å². The molecule has 0 radical (unpaired) electrons. The van der Waals surface area contributed by atoms with Crippen molar-refractivity contribution >= 4 is 31.6 Å². The van der Waals surface area contributed by atoms with E-state index >= 15 is 0 Å². The Balaban J connectivity index is 2.27. The predicted octanol–water partition coefficient (Wildman–Crippen LogP) is 3.06. The maximum Gasteiger partial charge on any atom is 0.261 e. The summed E-state index contributed by atoms with van der Waals surface area (Å²) in [6, 6.07) is 12.2. The molecule has 0 saturated carbocycles. The fourth-order valence-electron chi connectivity index (χ4n) is 1.93. The number of nitrogens with one attached hydrogen (secondary N) is 1. The first-order chi connectivity index (χ1) is 9.94. The number of halogens is 1. The van der Waals surface area contributed by atoms with Crippen molar-refractivity contribution in [2.45, 2.75) is 18.2 Å². The average Bonchev–Trinajstić information content (AvgIpc) is 2.45. The minimum Gasteiger partial charge on any atom is -0.330 e. The second-order valence-corrected chi connectivity index (χ2v) is 7.20. The van der Waals surface area contributed by atoms with Crippen LogP contribution in [0.3, 0.4) is 0 Å². The molecule has 0 unspecified atom stereocenters. The average molecular weight is 369 g/mol. The lowest BCUT2D eigenvalue weighted by molar-refractivity contribution is 0.601. The lowest BCUT2D eigenvalue weighted by atomic mass is 10.2. The molecule has 4 nitrogen and oxygen atoms in total. The highest BCUT2D eigenvalue weighted by Gasteiger charge is 2.15. The number of benzene rings is 2. The number of nitrogens with two attached hydrogens (primary N) is 1. The second kappa shape index (κ2) is 6.60. The molecule has 0 aliphatic heterocycles. The van der Waals surface area contributed by atoms with Crippen LogP contribution in [0.4, 0.5) is 5.69 Å². The number of hydrogen-bond donors (Lipinski definition) is 2. The van der Waals surface area contributed by atoms with Crippen LogP contribution in [0.1, 0.15) is 11.1 Å². The molecule has 21 heavy (non-hydrogen) atoms. The molecule has 0 atom stereocenters. The summed E-state index contributed by atoms with van der Waals surface area (Å²) in [5.41, 5.74) is 8.00. The van der Waals surface area contributed by atoms with Crippen LogP contribution in [0.2, 0.25) is 0 Å². The van der Waals surface area contributed by atoms with Crippen molar-refractivity contribution in [2.24, 2.45) is 5.73 Å². The van der Waals surface area contributed by atoms with E-state index in [-0.39, 0.29) is 4.90 Å². The number of sulfonamides is 1. The van der Waals surface area contributed by atoms with Crippen molar-refractivity contribution in [1.82, 2.24) is 0 Å². The third-order valence-electron chi connectivity index (χ3n) is 3.10. The van der Waals surface area contributed by atoms with Crippen LogP contribution in [0.5, 0.6) is 0 Å². The van der Waals surface area contributed by atoms with Gasteiger partial charge in [-0.1, -0.05) is 24.3 Å². The molecule has 0 bridgehead atoms. The number of hydrogen-bond acceptors (Lipinski definition) is 3. The SMILES string of the molecule is Cc1cccc(NS(=O)(=O)c2ccc(CCN)cc2)c1Br. The first kappa shape index (κ1) is 16.0. The summed E-state index contributed by atoms with van der Waals surface area (Å²) in [6.45, 7) is 2.45. The fourth-order valence-corrected chi connectivity index (χ4v) is 3.50. The van der Waals surface area contributed by atoms with Gasteiger partial charge in [0.25, 0.3) is 10.0 Å². The number of anilines is 1. The van der Waals surface area contributed by atoms with Crippen LogP contribution in [-0.4, -0.2) is 15.0 Å². The van der Waals surface area contributed by atoms with Crippen LogP contribution < -0.4 is 10.5 Å². The van der Waals surface area contributed by atoms with Crippen molar-refractivity contribution in [3.8, 4) is 0 Å². The van der Waals surface area contributed by atoms with Gasteiger partial charge in [-0.2, -0.15) is 0 Å². The molecule has 6 heteroatoms. The summed E-state index contributed by atoms with van der Waals surface area (Å²) >= 11 is 3.40. The van der Waals surface area contributed by atoms with E-state index in [1.54, 1.807) is 30.3 Å². The molecule has 3 N–H and O–H groups in total. The highest BCUT2D eigenvalue weighted by molar-refractivity contribution is 9.10. The summed E-state index contributed by atoms with van der Waals surface area (Å²) in [5, 5.41) is 0. The molecule has 112 valence electrons. The summed E-state index contributed by atoms with van der Waals surface area (Å²) < 4.78 is 28.1. The Hall–Kier alpha value is -1.37. The van der Waals surface area contributed by atoms with E-state index in [1.807, 2.05) is 19.1 Å². The highest BCUT2D eigenvalue weighted by atomic mass is 79.9. The third-order valence-corrected chi connectivity index (χ3v) is 5.54. The van der Waals surface area contributed by atoms with Crippen LogP contribution in [0, 0.1) is 6.92 Å². The Labute approximate surface area is 133 Å². The van der Waals surface area contributed by atoms with Crippen molar-refractivity contribution in [2.75, 3.05) is 11.3 Å². The summed E-state index contributed by atoms with van der Waals surface area (Å²) in [6.07, 6.45) is 0.733. The smallest absolute Gasteiger partial charge is 0.261 e. The van der Waals surface area contributed by atoms with Gasteiger partial charge in [-0.05, 0) is 65.1 Å². The second-order valence-electron chi connectivity index (χ2n) is 4.72. The van der Waals surface area contributed by atoms with Crippen molar-refractivity contribution in [1.29, 1.82) is 0 Å². The highest BCUT2D eigenvalue weighted by Crippen LogP contribution is 2.28. The minimum atomic E-state index is -3.60. The predicted molar refractivity (Wildman–Crippen MR) is 88.9 cm³/mol. The first-order valence-electron chi connectivity index (χ1n) is 6.51. The Kier molecular flexibility index (Phi) is 5.03. The molecule has 0 aliphatic rings. The Bertz CT molecular complexity index is 728. The first-order valence-corrected chi connectivity index (χ1v) is 8.78. The monoisotopic (exact) mass is 368 g/mol. The lowest BCUT2D eigenvalue weighted by Gasteiger charge is -2.11. The molecule has 2 rings (SSSR count). The number of aryl methyl sites for hydroxylation is 1. The van der Waals surface area contributed by atoms with Crippen LogP contribution >= 0.6 is 15.9 Å². The van der Waals surface area contributed by atoms with Crippen molar-refractivity contribution in [3.05, 3.63) is 58.1 Å². The number of rotatable bonds is 5. The van der Waals surface area contributed by atoms with E-state index in [4.69, 9.17) is 5.73 Å². The zero-order valence-electron chi connectivity index (χ0n) is 11.6. The topological polar surface area (TPSA) is 72.2 Å². The molecule has 2 aromatic rings. The molecule has 0 aliphatic carbocycles. The standard InChI is InChI=1S/C15H17BrN2O2S/c1-11-3-2-4-14(15(11)16)18-21(19,20)13-7-5-12(6-8-13)9-10-17/h2-8,18H,9-10,17H2,1H3. The van der Waals surface area contributed by atoms with E-state index < -0.39 is 10.0 Å².